The molecule has 0 atom stereocenters. The minimum Gasteiger partial charge on any atom is -0.306 e. The zero-order valence-corrected chi connectivity index (χ0v) is 11.4. The lowest BCUT2D eigenvalue weighted by atomic mass is 10.2. The molecule has 0 aliphatic carbocycles. The van der Waals surface area contributed by atoms with Crippen molar-refractivity contribution >= 4 is 0 Å². The molecule has 0 fully saturated rings. The Kier molecular flexibility index (Phi) is 9.12. The van der Waals surface area contributed by atoms with Crippen LogP contribution in [0.25, 0.3) is 0 Å². The molecule has 0 spiro atoms. The number of nitrogens with zero attached hydrogens (tertiary/aromatic N) is 2. The SMILES string of the molecule is CCCCCN(C)CCCN(C)C(C)C. The summed E-state index contributed by atoms with van der Waals surface area (Å²) in [5, 5.41) is 0. The second kappa shape index (κ2) is 9.17. The van der Waals surface area contributed by atoms with E-state index < -0.39 is 0 Å². The molecule has 0 unspecified atom stereocenters. The maximum absolute atomic E-state index is 2.46. The predicted octanol–water partition coefficient (Wildman–Crippen LogP) is 2.84. The highest BCUT2D eigenvalue weighted by atomic mass is 15.1. The van der Waals surface area contributed by atoms with Crippen LogP contribution in [0.1, 0.15) is 46.5 Å². The van der Waals surface area contributed by atoms with Crippen LogP contribution in [0.3, 0.4) is 0 Å². The molecular formula is C13H30N2. The maximum atomic E-state index is 2.46. The van der Waals surface area contributed by atoms with Crippen molar-refractivity contribution in [3.8, 4) is 0 Å². The third kappa shape index (κ3) is 8.88. The highest BCUT2D eigenvalue weighted by Gasteiger charge is 2.03. The fourth-order valence-corrected chi connectivity index (χ4v) is 1.59. The molecule has 0 radical (unpaired) electrons. The summed E-state index contributed by atoms with van der Waals surface area (Å²) in [6.07, 6.45) is 5.34. The summed E-state index contributed by atoms with van der Waals surface area (Å²) >= 11 is 0. The number of hydrogen-bond acceptors (Lipinski definition) is 2. The fourth-order valence-electron chi connectivity index (χ4n) is 1.59. The van der Waals surface area contributed by atoms with E-state index in [2.05, 4.69) is 44.7 Å². The predicted molar refractivity (Wildman–Crippen MR) is 69.4 cm³/mol. The second-order valence-corrected chi connectivity index (χ2v) is 4.94. The van der Waals surface area contributed by atoms with E-state index in [-0.39, 0.29) is 0 Å². The molecule has 0 rings (SSSR count). The summed E-state index contributed by atoms with van der Waals surface area (Å²) in [6.45, 7) is 10.5. The quantitative estimate of drug-likeness (QED) is 0.545. The third-order valence-corrected chi connectivity index (χ3v) is 3.08. The van der Waals surface area contributed by atoms with Gasteiger partial charge in [0.2, 0.25) is 0 Å². The van der Waals surface area contributed by atoms with Crippen molar-refractivity contribution in [2.24, 2.45) is 0 Å². The third-order valence-electron chi connectivity index (χ3n) is 3.08. The fraction of sp³-hybridized carbons (Fsp3) is 1.00. The average Bonchev–Trinajstić information content (AvgIpc) is 2.18. The summed E-state index contributed by atoms with van der Waals surface area (Å²) in [6, 6.07) is 0.676. The number of unbranched alkanes of at least 4 members (excludes halogenated alkanes) is 2. The minimum atomic E-state index is 0.676. The van der Waals surface area contributed by atoms with E-state index in [4.69, 9.17) is 0 Å². The van der Waals surface area contributed by atoms with Gasteiger partial charge in [-0.2, -0.15) is 0 Å². The van der Waals surface area contributed by atoms with Crippen LogP contribution in [0, 0.1) is 0 Å². The summed E-state index contributed by atoms with van der Waals surface area (Å²) in [7, 11) is 4.45. The van der Waals surface area contributed by atoms with Crippen molar-refractivity contribution in [1.29, 1.82) is 0 Å². The van der Waals surface area contributed by atoms with E-state index in [0.717, 1.165) is 0 Å². The van der Waals surface area contributed by atoms with Crippen LogP contribution in [-0.2, 0) is 0 Å². The zero-order chi connectivity index (χ0) is 11.7. The van der Waals surface area contributed by atoms with Crippen LogP contribution in [0.15, 0.2) is 0 Å². The Morgan fingerprint density at radius 3 is 2.00 bits per heavy atom. The van der Waals surface area contributed by atoms with E-state index in [9.17, 15) is 0 Å². The molecule has 2 nitrogen and oxygen atoms in total. The van der Waals surface area contributed by atoms with Crippen LogP contribution in [0.4, 0.5) is 0 Å². The Bertz CT molecular complexity index is 134. The maximum Gasteiger partial charge on any atom is 0.00355 e. The van der Waals surface area contributed by atoms with Crippen LogP contribution >= 0.6 is 0 Å². The normalized spacial score (nSPS) is 12.0. The topological polar surface area (TPSA) is 6.48 Å². The van der Waals surface area contributed by atoms with Gasteiger partial charge < -0.3 is 9.80 Å². The lowest BCUT2D eigenvalue weighted by Gasteiger charge is -2.23. The van der Waals surface area contributed by atoms with Crippen LogP contribution in [-0.4, -0.2) is 49.6 Å². The monoisotopic (exact) mass is 214 g/mol. The van der Waals surface area contributed by atoms with Gasteiger partial charge in [0.25, 0.3) is 0 Å². The largest absolute Gasteiger partial charge is 0.306 e. The molecular weight excluding hydrogens is 184 g/mol. The van der Waals surface area contributed by atoms with Gasteiger partial charge in [0.15, 0.2) is 0 Å². The van der Waals surface area contributed by atoms with Crippen molar-refractivity contribution in [1.82, 2.24) is 9.80 Å². The standard InChI is InChI=1S/C13H30N2/c1-6-7-8-10-14(4)11-9-12-15(5)13(2)3/h13H,6-12H2,1-5H3. The summed E-state index contributed by atoms with van der Waals surface area (Å²) in [5.41, 5.74) is 0. The van der Waals surface area contributed by atoms with Gasteiger partial charge in [-0.3, -0.25) is 0 Å². The Morgan fingerprint density at radius 2 is 1.47 bits per heavy atom. The molecule has 0 N–H and O–H groups in total. The minimum absolute atomic E-state index is 0.676. The Hall–Kier alpha value is -0.0800. The number of rotatable bonds is 9. The van der Waals surface area contributed by atoms with E-state index in [1.54, 1.807) is 0 Å². The molecule has 0 saturated carbocycles. The van der Waals surface area contributed by atoms with Gasteiger partial charge in [0, 0.05) is 6.04 Å². The molecule has 0 saturated heterocycles. The first-order valence-corrected chi connectivity index (χ1v) is 6.46. The molecule has 2 heteroatoms. The molecule has 0 aromatic heterocycles. The van der Waals surface area contributed by atoms with Gasteiger partial charge in [-0.15, -0.1) is 0 Å². The highest BCUT2D eigenvalue weighted by molar-refractivity contribution is 4.59. The Balaban J connectivity index is 3.34. The van der Waals surface area contributed by atoms with Gasteiger partial charge in [-0.05, 0) is 60.4 Å². The van der Waals surface area contributed by atoms with Crippen LogP contribution < -0.4 is 0 Å². The summed E-state index contributed by atoms with van der Waals surface area (Å²) < 4.78 is 0. The Morgan fingerprint density at radius 1 is 0.867 bits per heavy atom. The van der Waals surface area contributed by atoms with Crippen molar-refractivity contribution in [3.05, 3.63) is 0 Å². The Labute approximate surface area is 96.6 Å². The van der Waals surface area contributed by atoms with Crippen LogP contribution in [0.5, 0.6) is 0 Å². The van der Waals surface area contributed by atoms with Gasteiger partial charge in [0.1, 0.15) is 0 Å². The van der Waals surface area contributed by atoms with E-state index in [1.165, 1.54) is 45.3 Å². The highest BCUT2D eigenvalue weighted by Crippen LogP contribution is 1.99. The average molecular weight is 214 g/mol. The first-order valence-electron chi connectivity index (χ1n) is 6.46. The van der Waals surface area contributed by atoms with Gasteiger partial charge in [0.05, 0.1) is 0 Å². The molecule has 0 bridgehead atoms. The molecule has 0 amide bonds. The van der Waals surface area contributed by atoms with Crippen LogP contribution in [0.2, 0.25) is 0 Å². The van der Waals surface area contributed by atoms with Gasteiger partial charge >= 0.3 is 0 Å². The van der Waals surface area contributed by atoms with E-state index in [1.807, 2.05) is 0 Å². The second-order valence-electron chi connectivity index (χ2n) is 4.94. The van der Waals surface area contributed by atoms with Crippen molar-refractivity contribution in [3.63, 3.8) is 0 Å². The molecule has 0 aromatic rings. The van der Waals surface area contributed by atoms with Crippen molar-refractivity contribution < 1.29 is 0 Å². The van der Waals surface area contributed by atoms with E-state index >= 15 is 0 Å². The molecule has 0 aliphatic rings. The zero-order valence-electron chi connectivity index (χ0n) is 11.4. The summed E-state index contributed by atoms with van der Waals surface area (Å²) in [4.78, 5) is 4.88. The molecule has 0 aliphatic heterocycles. The molecule has 0 heterocycles. The van der Waals surface area contributed by atoms with Crippen molar-refractivity contribution in [2.75, 3.05) is 33.7 Å². The molecule has 92 valence electrons. The molecule has 0 aromatic carbocycles. The van der Waals surface area contributed by atoms with Crippen molar-refractivity contribution in [2.45, 2.75) is 52.5 Å². The summed E-state index contributed by atoms with van der Waals surface area (Å²) in [5.74, 6) is 0. The van der Waals surface area contributed by atoms with Gasteiger partial charge in [-0.25, -0.2) is 0 Å². The lowest BCUT2D eigenvalue weighted by molar-refractivity contribution is 0.243. The first kappa shape index (κ1) is 14.9. The van der Waals surface area contributed by atoms with Gasteiger partial charge in [-0.1, -0.05) is 19.8 Å². The smallest absolute Gasteiger partial charge is 0.00355 e. The number of hydrogen-bond donors (Lipinski definition) is 0. The lowest BCUT2D eigenvalue weighted by Crippen LogP contribution is -2.30. The van der Waals surface area contributed by atoms with E-state index in [0.29, 0.717) is 6.04 Å². The first-order chi connectivity index (χ1) is 7.07. The molecule has 15 heavy (non-hydrogen) atoms.